The molecule has 3 aromatic rings. The number of nitrogens with one attached hydrogen (secondary N) is 1. The van der Waals surface area contributed by atoms with Crippen LogP contribution in [0.15, 0.2) is 36.5 Å². The first-order valence-corrected chi connectivity index (χ1v) is 9.91. The maximum Gasteiger partial charge on any atom is 0.217 e. The minimum Gasteiger partial charge on any atom is -0.492 e. The van der Waals surface area contributed by atoms with Crippen LogP contribution in [-0.4, -0.2) is 34.8 Å². The van der Waals surface area contributed by atoms with Crippen molar-refractivity contribution in [3.63, 3.8) is 0 Å². The van der Waals surface area contributed by atoms with Gasteiger partial charge in [0.05, 0.1) is 18.8 Å². The van der Waals surface area contributed by atoms with Crippen LogP contribution in [-0.2, 0) is 4.79 Å². The van der Waals surface area contributed by atoms with E-state index in [0.29, 0.717) is 18.3 Å². The van der Waals surface area contributed by atoms with Crippen LogP contribution < -0.4 is 14.8 Å². The molecule has 0 saturated heterocycles. The molecule has 0 unspecified atom stereocenters. The van der Waals surface area contributed by atoms with Gasteiger partial charge >= 0.3 is 0 Å². The number of ether oxygens (including phenoxy) is 2. The molecule has 0 radical (unpaired) electrons. The maximum absolute atomic E-state index is 14.9. The topological polar surface area (TPSA) is 64.9 Å². The maximum atomic E-state index is 14.9. The Morgan fingerprint density at radius 3 is 2.70 bits per heavy atom. The molecule has 1 saturated carbocycles. The quantitative estimate of drug-likeness (QED) is 0.605. The van der Waals surface area contributed by atoms with Gasteiger partial charge in [0.25, 0.3) is 0 Å². The molecule has 0 spiro atoms. The van der Waals surface area contributed by atoms with E-state index < -0.39 is 11.6 Å². The minimum atomic E-state index is -0.646. The summed E-state index contributed by atoms with van der Waals surface area (Å²) in [6.45, 7) is 4.01. The second kappa shape index (κ2) is 8.30. The zero-order valence-corrected chi connectivity index (χ0v) is 16.8. The third-order valence-electron chi connectivity index (χ3n) is 4.87. The van der Waals surface area contributed by atoms with Crippen molar-refractivity contribution in [3.05, 3.63) is 48.2 Å². The summed E-state index contributed by atoms with van der Waals surface area (Å²) >= 11 is 0. The van der Waals surface area contributed by atoms with E-state index in [1.165, 1.54) is 36.4 Å². The summed E-state index contributed by atoms with van der Waals surface area (Å²) in [4.78, 5) is 11.0. The van der Waals surface area contributed by atoms with Crippen molar-refractivity contribution >= 4 is 11.4 Å². The number of carbonyl (C=O) groups excluding carboxylic acids is 1. The van der Waals surface area contributed by atoms with Gasteiger partial charge in [-0.15, -0.1) is 0 Å². The second-order valence-corrected chi connectivity index (χ2v) is 7.67. The normalized spacial score (nSPS) is 14.5. The molecule has 158 valence electrons. The molecular formula is C22H23F2N3O3. The number of aromatic nitrogens is 2. The van der Waals surface area contributed by atoms with Crippen molar-refractivity contribution in [2.75, 3.05) is 13.2 Å². The molecule has 0 aliphatic heterocycles. The van der Waals surface area contributed by atoms with Crippen molar-refractivity contribution in [1.29, 1.82) is 0 Å². The van der Waals surface area contributed by atoms with Crippen molar-refractivity contribution in [2.24, 2.45) is 5.92 Å². The molecule has 1 fully saturated rings. The Kier molecular flexibility index (Phi) is 5.57. The van der Waals surface area contributed by atoms with Gasteiger partial charge in [-0.1, -0.05) is 0 Å². The molecule has 1 aliphatic carbocycles. The number of halogens is 2. The number of rotatable bonds is 8. The van der Waals surface area contributed by atoms with E-state index in [1.807, 2.05) is 0 Å². The second-order valence-electron chi connectivity index (χ2n) is 7.67. The van der Waals surface area contributed by atoms with Gasteiger partial charge in [-0.25, -0.2) is 13.3 Å². The van der Waals surface area contributed by atoms with E-state index in [1.54, 1.807) is 31.3 Å². The molecule has 30 heavy (non-hydrogen) atoms. The molecule has 2 heterocycles. The lowest BCUT2D eigenvalue weighted by atomic mass is 10.1. The fourth-order valence-electron chi connectivity index (χ4n) is 3.14. The molecule has 1 aliphatic rings. The first kappa shape index (κ1) is 20.1. The first-order valence-electron chi connectivity index (χ1n) is 9.91. The van der Waals surface area contributed by atoms with Crippen molar-refractivity contribution in [1.82, 2.24) is 14.9 Å². The zero-order chi connectivity index (χ0) is 21.3. The fourth-order valence-corrected chi connectivity index (χ4v) is 3.14. The Morgan fingerprint density at radius 1 is 1.23 bits per heavy atom. The smallest absolute Gasteiger partial charge is 0.217 e. The molecule has 1 N–H and O–H groups in total. The van der Waals surface area contributed by atoms with E-state index in [9.17, 15) is 13.6 Å². The van der Waals surface area contributed by atoms with Gasteiger partial charge in [-0.2, -0.15) is 5.10 Å². The summed E-state index contributed by atoms with van der Waals surface area (Å²) in [5.41, 5.74) is 0.205. The van der Waals surface area contributed by atoms with Gasteiger partial charge in [-0.05, 0) is 49.9 Å². The van der Waals surface area contributed by atoms with Crippen molar-refractivity contribution < 1.29 is 23.0 Å². The summed E-state index contributed by atoms with van der Waals surface area (Å²) in [5.74, 6) is 0.0647. The summed E-state index contributed by atoms with van der Waals surface area (Å²) in [6.07, 6.45) is 3.95. The first-order chi connectivity index (χ1) is 14.4. The third-order valence-corrected chi connectivity index (χ3v) is 4.87. The number of carbonyl (C=O) groups is 1. The standard InChI is InChI=1S/C22H23F2N3O3/c1-13(25-14(2)28)11-29-16-5-7-18(19(23)9-16)22-21(24)20-8-6-17(10-27(20)26-22)30-12-15-3-4-15/h5-10,13,15H,3-4,11-12H2,1-2H3,(H,25,28)/t13-/m0/s1. The minimum absolute atomic E-state index is 0.0407. The lowest BCUT2D eigenvalue weighted by Gasteiger charge is -2.14. The fraction of sp³-hybridized carbons (Fsp3) is 0.364. The summed E-state index contributed by atoms with van der Waals surface area (Å²) < 4.78 is 42.1. The van der Waals surface area contributed by atoms with Gasteiger partial charge in [0.1, 0.15) is 35.1 Å². The SMILES string of the molecule is CC(=O)N[C@@H](C)COc1ccc(-c2nn3cc(OCC4CC4)ccc3c2F)c(F)c1. The Labute approximate surface area is 172 Å². The predicted octanol–water partition coefficient (Wildman–Crippen LogP) is 3.97. The molecule has 8 heteroatoms. The molecule has 0 bridgehead atoms. The number of hydrogen-bond donors (Lipinski definition) is 1. The molecule has 6 nitrogen and oxygen atoms in total. The van der Waals surface area contributed by atoms with Gasteiger partial charge in [0, 0.05) is 18.6 Å². The molecule has 1 amide bonds. The number of amides is 1. The van der Waals surface area contributed by atoms with Crippen molar-refractivity contribution in [3.8, 4) is 22.8 Å². The van der Waals surface area contributed by atoms with Gasteiger partial charge < -0.3 is 14.8 Å². The van der Waals surface area contributed by atoms with E-state index in [-0.39, 0.29) is 41.1 Å². The van der Waals surface area contributed by atoms with Crippen LogP contribution in [0.3, 0.4) is 0 Å². The lowest BCUT2D eigenvalue weighted by Crippen LogP contribution is -2.35. The Hall–Kier alpha value is -3.16. The number of nitrogens with zero attached hydrogens (tertiary/aromatic N) is 2. The van der Waals surface area contributed by atoms with Gasteiger partial charge in [-0.3, -0.25) is 4.79 Å². The van der Waals surface area contributed by atoms with Crippen LogP contribution in [0, 0.1) is 17.6 Å². The largest absolute Gasteiger partial charge is 0.492 e. The third kappa shape index (κ3) is 4.53. The number of pyridine rings is 1. The summed E-state index contributed by atoms with van der Waals surface area (Å²) in [5, 5.41) is 6.90. The Balaban J connectivity index is 1.52. The van der Waals surface area contributed by atoms with Crippen LogP contribution in [0.1, 0.15) is 26.7 Å². The van der Waals surface area contributed by atoms with E-state index in [4.69, 9.17) is 9.47 Å². The lowest BCUT2D eigenvalue weighted by molar-refractivity contribution is -0.119. The van der Waals surface area contributed by atoms with Crippen LogP contribution in [0.25, 0.3) is 16.8 Å². The Morgan fingerprint density at radius 2 is 2.00 bits per heavy atom. The highest BCUT2D eigenvalue weighted by Crippen LogP contribution is 2.32. The number of hydrogen-bond acceptors (Lipinski definition) is 4. The monoisotopic (exact) mass is 415 g/mol. The van der Waals surface area contributed by atoms with E-state index in [2.05, 4.69) is 10.4 Å². The molecule has 1 aromatic carbocycles. The average molecular weight is 415 g/mol. The van der Waals surface area contributed by atoms with E-state index in [0.717, 1.165) is 0 Å². The van der Waals surface area contributed by atoms with Gasteiger partial charge in [0.2, 0.25) is 5.91 Å². The highest BCUT2D eigenvalue weighted by atomic mass is 19.1. The van der Waals surface area contributed by atoms with Gasteiger partial charge in [0.15, 0.2) is 5.82 Å². The highest BCUT2D eigenvalue weighted by molar-refractivity contribution is 5.73. The number of benzene rings is 1. The highest BCUT2D eigenvalue weighted by Gasteiger charge is 2.22. The summed E-state index contributed by atoms with van der Waals surface area (Å²) in [6, 6.07) is 7.21. The average Bonchev–Trinajstić information content (AvgIpc) is 3.48. The van der Waals surface area contributed by atoms with Crippen LogP contribution in [0.2, 0.25) is 0 Å². The molecule has 2 aromatic heterocycles. The van der Waals surface area contributed by atoms with Crippen LogP contribution >= 0.6 is 0 Å². The predicted molar refractivity (Wildman–Crippen MR) is 108 cm³/mol. The van der Waals surface area contributed by atoms with Crippen LogP contribution in [0.4, 0.5) is 8.78 Å². The molecule has 4 rings (SSSR count). The van der Waals surface area contributed by atoms with Crippen LogP contribution in [0.5, 0.6) is 11.5 Å². The Bertz CT molecular complexity index is 1080. The molecular weight excluding hydrogens is 392 g/mol. The summed E-state index contributed by atoms with van der Waals surface area (Å²) in [7, 11) is 0. The molecule has 1 atom stereocenters. The van der Waals surface area contributed by atoms with E-state index >= 15 is 0 Å². The van der Waals surface area contributed by atoms with Crippen molar-refractivity contribution in [2.45, 2.75) is 32.7 Å². The number of fused-ring (bicyclic) bond motifs is 1. The zero-order valence-electron chi connectivity index (χ0n) is 16.8.